The first-order chi connectivity index (χ1) is 12.1. The van der Waals surface area contributed by atoms with Crippen molar-refractivity contribution in [2.75, 3.05) is 6.61 Å². The number of ketones is 1. The molecule has 3 nitrogen and oxygen atoms in total. The second-order valence-corrected chi connectivity index (χ2v) is 9.23. The molecule has 0 aromatic carbocycles. The molecule has 0 saturated heterocycles. The zero-order chi connectivity index (χ0) is 17.6. The summed E-state index contributed by atoms with van der Waals surface area (Å²) in [6.45, 7) is -0.285. The number of hydrogen-bond donors (Lipinski definition) is 2. The Morgan fingerprint density at radius 2 is 1.60 bits per heavy atom. The summed E-state index contributed by atoms with van der Waals surface area (Å²) < 4.78 is 0. The maximum Gasteiger partial charge on any atom is 0.161 e. The topological polar surface area (TPSA) is 57.5 Å². The van der Waals surface area contributed by atoms with Crippen molar-refractivity contribution in [1.29, 1.82) is 0 Å². The van der Waals surface area contributed by atoms with Crippen LogP contribution in [0.1, 0.15) is 57.8 Å². The van der Waals surface area contributed by atoms with E-state index >= 15 is 0 Å². The summed E-state index contributed by atoms with van der Waals surface area (Å²) in [5, 5.41) is 22.3. The smallest absolute Gasteiger partial charge is 0.161 e. The monoisotopic (exact) mass is 364 g/mol. The van der Waals surface area contributed by atoms with Crippen LogP contribution in [0.25, 0.3) is 0 Å². The van der Waals surface area contributed by atoms with Gasteiger partial charge in [-0.2, -0.15) is 0 Å². The van der Waals surface area contributed by atoms with Gasteiger partial charge in [-0.1, -0.05) is 5.92 Å². The molecule has 0 aliphatic heterocycles. The van der Waals surface area contributed by atoms with Crippen LogP contribution in [-0.4, -0.2) is 28.2 Å². The SMILES string of the molecule is O=C(CO)[C@H]1CC[C@H]2[C@@H]3CC[C@@H]4C[C@@](O)(C#CCl)CC[C@@H]4[C@H]3CC[C@@H]21. The number of aliphatic hydroxyl groups excluding tert-OH is 1. The van der Waals surface area contributed by atoms with Gasteiger partial charge in [0.2, 0.25) is 0 Å². The Hall–Kier alpha value is -0.560. The summed E-state index contributed by atoms with van der Waals surface area (Å²) in [7, 11) is 0. The van der Waals surface area contributed by atoms with Crippen LogP contribution in [0.4, 0.5) is 0 Å². The first-order valence-electron chi connectivity index (χ1n) is 10.0. The van der Waals surface area contributed by atoms with Gasteiger partial charge in [0.15, 0.2) is 5.78 Å². The summed E-state index contributed by atoms with van der Waals surface area (Å²) in [4.78, 5) is 12.1. The highest BCUT2D eigenvalue weighted by Crippen LogP contribution is 2.59. The molecule has 25 heavy (non-hydrogen) atoms. The molecule has 0 heterocycles. The number of carbonyl (C=O) groups excluding carboxylic acids is 1. The molecule has 0 bridgehead atoms. The highest BCUT2D eigenvalue weighted by atomic mass is 35.5. The van der Waals surface area contributed by atoms with Gasteiger partial charge in [0.1, 0.15) is 12.2 Å². The third-order valence-electron chi connectivity index (χ3n) is 8.18. The minimum atomic E-state index is -0.876. The fraction of sp³-hybridized carbons (Fsp3) is 0.857. The van der Waals surface area contributed by atoms with Gasteiger partial charge in [-0.3, -0.25) is 4.79 Å². The van der Waals surface area contributed by atoms with Gasteiger partial charge in [0.05, 0.1) is 0 Å². The average Bonchev–Trinajstić information content (AvgIpc) is 3.04. The number of rotatable bonds is 2. The highest BCUT2D eigenvalue weighted by molar-refractivity contribution is 6.30. The third kappa shape index (κ3) is 3.05. The van der Waals surface area contributed by atoms with E-state index in [4.69, 9.17) is 11.6 Å². The van der Waals surface area contributed by atoms with Crippen LogP contribution in [0.3, 0.4) is 0 Å². The molecule has 0 amide bonds. The fourth-order valence-electron chi connectivity index (χ4n) is 7.25. The average molecular weight is 365 g/mol. The molecule has 4 aliphatic carbocycles. The summed E-state index contributed by atoms with van der Waals surface area (Å²) in [5.74, 6) is 7.02. The van der Waals surface area contributed by atoms with Crippen molar-refractivity contribution in [3.63, 3.8) is 0 Å². The minimum absolute atomic E-state index is 0.0713. The van der Waals surface area contributed by atoms with E-state index in [-0.39, 0.29) is 18.3 Å². The molecule has 0 aromatic heterocycles. The van der Waals surface area contributed by atoms with Gasteiger partial charge in [0, 0.05) is 11.3 Å². The Kier molecular flexibility index (Phi) is 4.90. The first kappa shape index (κ1) is 17.8. The standard InChI is InChI=1S/C21H29ClO3/c22-10-9-21(25)8-7-14-13(11-21)1-2-16-15(14)3-4-18-17(16)5-6-19(18)20(24)12-23/h13-19,23,25H,1-8,11-12H2/t13-,14+,15-,16-,17+,18+,19+,21+/m1/s1. The molecular formula is C21H29ClO3. The molecular weight excluding hydrogens is 336 g/mol. The lowest BCUT2D eigenvalue weighted by molar-refractivity contribution is -0.128. The zero-order valence-corrected chi connectivity index (χ0v) is 15.5. The van der Waals surface area contributed by atoms with Crippen LogP contribution in [0.2, 0.25) is 0 Å². The van der Waals surface area contributed by atoms with Crippen LogP contribution in [0, 0.1) is 52.7 Å². The van der Waals surface area contributed by atoms with Gasteiger partial charge in [-0.25, -0.2) is 0 Å². The number of fused-ring (bicyclic) bond motifs is 5. The molecule has 2 N–H and O–H groups in total. The maximum atomic E-state index is 12.1. The molecule has 0 spiro atoms. The van der Waals surface area contributed by atoms with Crippen molar-refractivity contribution in [1.82, 2.24) is 0 Å². The fourth-order valence-corrected chi connectivity index (χ4v) is 7.43. The molecule has 4 fully saturated rings. The first-order valence-corrected chi connectivity index (χ1v) is 10.4. The van der Waals surface area contributed by atoms with E-state index in [1.165, 1.54) is 25.7 Å². The second-order valence-electron chi connectivity index (χ2n) is 9.04. The van der Waals surface area contributed by atoms with Crippen LogP contribution in [0.15, 0.2) is 0 Å². The molecule has 138 valence electrons. The van der Waals surface area contributed by atoms with Crippen molar-refractivity contribution in [3.05, 3.63) is 0 Å². The van der Waals surface area contributed by atoms with Crippen molar-refractivity contribution in [2.45, 2.75) is 63.4 Å². The van der Waals surface area contributed by atoms with E-state index in [9.17, 15) is 15.0 Å². The molecule has 4 aliphatic rings. The Morgan fingerprint density at radius 3 is 2.36 bits per heavy atom. The van der Waals surface area contributed by atoms with E-state index in [0.717, 1.165) is 43.9 Å². The molecule has 0 unspecified atom stereocenters. The van der Waals surface area contributed by atoms with E-state index in [1.54, 1.807) is 0 Å². The lowest BCUT2D eigenvalue weighted by atomic mass is 9.52. The van der Waals surface area contributed by atoms with Crippen LogP contribution >= 0.6 is 11.6 Å². The maximum absolute atomic E-state index is 12.1. The van der Waals surface area contributed by atoms with Crippen LogP contribution in [-0.2, 0) is 4.79 Å². The predicted octanol–water partition coefficient (Wildman–Crippen LogP) is 3.36. The Balaban J connectivity index is 1.48. The Bertz CT molecular complexity index is 594. The largest absolute Gasteiger partial charge is 0.389 e. The van der Waals surface area contributed by atoms with Crippen molar-refractivity contribution < 1.29 is 15.0 Å². The number of aliphatic hydroxyl groups is 2. The Labute approximate surface area is 155 Å². The molecule has 0 aromatic rings. The van der Waals surface area contributed by atoms with E-state index in [1.807, 2.05) is 0 Å². The van der Waals surface area contributed by atoms with E-state index in [2.05, 4.69) is 11.3 Å². The van der Waals surface area contributed by atoms with Gasteiger partial charge in [-0.05, 0) is 105 Å². The molecule has 4 rings (SSSR count). The summed E-state index contributed by atoms with van der Waals surface area (Å²) in [6.07, 6.45) is 9.52. The second kappa shape index (κ2) is 6.87. The zero-order valence-electron chi connectivity index (χ0n) is 14.8. The lowest BCUT2D eigenvalue weighted by Gasteiger charge is -2.53. The van der Waals surface area contributed by atoms with Crippen LogP contribution in [0.5, 0.6) is 0 Å². The van der Waals surface area contributed by atoms with Crippen LogP contribution < -0.4 is 0 Å². The quantitative estimate of drug-likeness (QED) is 0.739. The van der Waals surface area contributed by atoms with Crippen molar-refractivity contribution in [3.8, 4) is 11.3 Å². The minimum Gasteiger partial charge on any atom is -0.389 e. The van der Waals surface area contributed by atoms with Crippen molar-refractivity contribution in [2.24, 2.45) is 41.4 Å². The number of hydrogen-bond acceptors (Lipinski definition) is 3. The third-order valence-corrected chi connectivity index (χ3v) is 8.27. The molecule has 4 saturated carbocycles. The molecule has 4 heteroatoms. The van der Waals surface area contributed by atoms with Crippen molar-refractivity contribution >= 4 is 17.4 Å². The predicted molar refractivity (Wildman–Crippen MR) is 96.7 cm³/mol. The summed E-state index contributed by atoms with van der Waals surface area (Å²) >= 11 is 5.56. The highest BCUT2D eigenvalue weighted by Gasteiger charge is 2.53. The van der Waals surface area contributed by atoms with E-state index in [0.29, 0.717) is 23.7 Å². The van der Waals surface area contributed by atoms with Gasteiger partial charge in [0.25, 0.3) is 0 Å². The summed E-state index contributed by atoms with van der Waals surface area (Å²) in [5.41, 5.74) is -0.876. The lowest BCUT2D eigenvalue weighted by Crippen LogP contribution is -2.48. The normalized spacial score (nSPS) is 48.5. The molecule has 0 radical (unpaired) electrons. The number of halogens is 1. The number of Topliss-reactive ketones (excluding diaryl/α,β-unsaturated/α-hetero) is 1. The van der Waals surface area contributed by atoms with Gasteiger partial charge in [-0.15, -0.1) is 0 Å². The van der Waals surface area contributed by atoms with E-state index < -0.39 is 5.60 Å². The number of carbonyl (C=O) groups is 1. The molecule has 8 atom stereocenters. The van der Waals surface area contributed by atoms with Gasteiger partial charge < -0.3 is 10.2 Å². The summed E-state index contributed by atoms with van der Waals surface area (Å²) in [6, 6.07) is 0. The van der Waals surface area contributed by atoms with Gasteiger partial charge >= 0.3 is 0 Å². The Morgan fingerprint density at radius 1 is 0.960 bits per heavy atom.